The highest BCUT2D eigenvalue weighted by Gasteiger charge is 2.25. The summed E-state index contributed by atoms with van der Waals surface area (Å²) in [4.78, 5) is 25.4. The van der Waals surface area contributed by atoms with Gasteiger partial charge in [-0.2, -0.15) is 0 Å². The summed E-state index contributed by atoms with van der Waals surface area (Å²) in [6.07, 6.45) is 10.4. The van der Waals surface area contributed by atoms with Crippen LogP contribution in [0.25, 0.3) is 23.2 Å². The minimum Gasteiger partial charge on any atom is -0.391 e. The van der Waals surface area contributed by atoms with Gasteiger partial charge in [-0.15, -0.1) is 0 Å². The van der Waals surface area contributed by atoms with Crippen molar-refractivity contribution in [2.45, 2.75) is 44.8 Å². The maximum absolute atomic E-state index is 15.1. The van der Waals surface area contributed by atoms with E-state index in [1.807, 2.05) is 18.2 Å². The predicted molar refractivity (Wildman–Crippen MR) is 121 cm³/mol. The molecule has 0 spiro atoms. The maximum Gasteiger partial charge on any atom is 0.253 e. The number of aromatic nitrogens is 3. The number of hydrogen-bond donors (Lipinski definition) is 2. The molecule has 1 amide bonds. The molecule has 7 heteroatoms. The van der Waals surface area contributed by atoms with E-state index < -0.39 is 11.9 Å². The largest absolute Gasteiger partial charge is 0.391 e. The third kappa shape index (κ3) is 5.06. The van der Waals surface area contributed by atoms with Gasteiger partial charge in [0.25, 0.3) is 5.91 Å². The standard InChI is InChI=1S/C25H25FN4O2/c1-16-17(10-20(15-29-16)25(32)30-23-7-2-3-8-24(23)31)12-21(26)18-11-19(14-27-13-18)22-6-4-5-9-28-22/h4-6,9-15,23-24,31H,2-3,7-8H2,1H3,(H,30,32)/b21-12-/t23-,24-/m0/s1. The number of carbonyl (C=O) groups is 1. The lowest BCUT2D eigenvalue weighted by Crippen LogP contribution is -2.45. The number of aliphatic hydroxyl groups excluding tert-OH is 1. The van der Waals surface area contributed by atoms with Crippen LogP contribution in [0.5, 0.6) is 0 Å². The third-order valence-corrected chi connectivity index (χ3v) is 5.69. The fourth-order valence-electron chi connectivity index (χ4n) is 3.82. The third-order valence-electron chi connectivity index (χ3n) is 5.69. The van der Waals surface area contributed by atoms with Crippen LogP contribution in [-0.2, 0) is 0 Å². The molecule has 3 aromatic heterocycles. The number of hydrogen-bond acceptors (Lipinski definition) is 5. The highest BCUT2D eigenvalue weighted by atomic mass is 19.1. The molecule has 0 saturated heterocycles. The second-order valence-electron chi connectivity index (χ2n) is 8.00. The molecule has 3 aromatic rings. The Kier molecular flexibility index (Phi) is 6.66. The molecular weight excluding hydrogens is 407 g/mol. The van der Waals surface area contributed by atoms with Crippen molar-refractivity contribution in [3.8, 4) is 11.3 Å². The zero-order chi connectivity index (χ0) is 22.5. The fourth-order valence-corrected chi connectivity index (χ4v) is 3.82. The van der Waals surface area contributed by atoms with E-state index in [0.29, 0.717) is 40.1 Å². The zero-order valence-electron chi connectivity index (χ0n) is 17.8. The van der Waals surface area contributed by atoms with E-state index in [-0.39, 0.29) is 11.9 Å². The van der Waals surface area contributed by atoms with Crippen molar-refractivity contribution in [3.63, 3.8) is 0 Å². The lowest BCUT2D eigenvalue weighted by Gasteiger charge is -2.28. The van der Waals surface area contributed by atoms with Crippen LogP contribution in [0.1, 0.15) is 52.9 Å². The van der Waals surface area contributed by atoms with Crippen LogP contribution in [0.15, 0.2) is 55.1 Å². The predicted octanol–water partition coefficient (Wildman–Crippen LogP) is 4.35. The minimum atomic E-state index is -0.540. The average Bonchev–Trinajstić information content (AvgIpc) is 2.82. The summed E-state index contributed by atoms with van der Waals surface area (Å²) in [6.45, 7) is 1.76. The first-order valence-electron chi connectivity index (χ1n) is 10.7. The highest BCUT2D eigenvalue weighted by Crippen LogP contribution is 2.25. The average molecular weight is 432 g/mol. The summed E-state index contributed by atoms with van der Waals surface area (Å²) in [5.41, 5.74) is 3.16. The van der Waals surface area contributed by atoms with Crippen molar-refractivity contribution in [1.82, 2.24) is 20.3 Å². The first kappa shape index (κ1) is 21.8. The fraction of sp³-hybridized carbons (Fsp3) is 0.280. The molecule has 0 aliphatic heterocycles. The van der Waals surface area contributed by atoms with E-state index in [0.717, 1.165) is 19.3 Å². The Balaban J connectivity index is 1.56. The van der Waals surface area contributed by atoms with Crippen LogP contribution in [0.4, 0.5) is 4.39 Å². The van der Waals surface area contributed by atoms with Crippen LogP contribution in [0, 0.1) is 6.92 Å². The molecule has 1 fully saturated rings. The molecule has 6 nitrogen and oxygen atoms in total. The number of carbonyl (C=O) groups excluding carboxylic acids is 1. The Bertz CT molecular complexity index is 1130. The van der Waals surface area contributed by atoms with Crippen molar-refractivity contribution in [2.75, 3.05) is 0 Å². The number of nitrogens with zero attached hydrogens (tertiary/aromatic N) is 3. The monoisotopic (exact) mass is 432 g/mol. The highest BCUT2D eigenvalue weighted by molar-refractivity contribution is 5.95. The molecule has 1 saturated carbocycles. The normalized spacial score (nSPS) is 18.9. The van der Waals surface area contributed by atoms with Gasteiger partial charge in [0.2, 0.25) is 0 Å². The first-order valence-corrected chi connectivity index (χ1v) is 10.7. The summed E-state index contributed by atoms with van der Waals surface area (Å²) < 4.78 is 15.1. The number of rotatable bonds is 5. The lowest BCUT2D eigenvalue weighted by molar-refractivity contribution is 0.0717. The Labute approximate surface area is 186 Å². The van der Waals surface area contributed by atoms with Crippen molar-refractivity contribution in [2.24, 2.45) is 0 Å². The maximum atomic E-state index is 15.1. The molecule has 164 valence electrons. The molecule has 2 N–H and O–H groups in total. The van der Waals surface area contributed by atoms with E-state index >= 15 is 4.39 Å². The second kappa shape index (κ2) is 9.78. The summed E-state index contributed by atoms with van der Waals surface area (Å²) in [5, 5.41) is 13.0. The van der Waals surface area contributed by atoms with Crippen LogP contribution in [-0.4, -0.2) is 38.1 Å². The van der Waals surface area contributed by atoms with Gasteiger partial charge in [0.05, 0.1) is 23.4 Å². The van der Waals surface area contributed by atoms with Gasteiger partial charge in [-0.05, 0) is 55.7 Å². The van der Waals surface area contributed by atoms with Gasteiger partial charge in [-0.1, -0.05) is 18.9 Å². The van der Waals surface area contributed by atoms with E-state index in [2.05, 4.69) is 20.3 Å². The lowest BCUT2D eigenvalue weighted by atomic mass is 9.92. The summed E-state index contributed by atoms with van der Waals surface area (Å²) in [6, 6.07) is 8.54. The van der Waals surface area contributed by atoms with Gasteiger partial charge in [0.1, 0.15) is 5.83 Å². The van der Waals surface area contributed by atoms with Gasteiger partial charge in [0.15, 0.2) is 0 Å². The van der Waals surface area contributed by atoms with Crippen LogP contribution in [0.2, 0.25) is 0 Å². The zero-order valence-corrected chi connectivity index (χ0v) is 17.8. The van der Waals surface area contributed by atoms with Crippen LogP contribution < -0.4 is 5.32 Å². The van der Waals surface area contributed by atoms with Gasteiger partial charge < -0.3 is 10.4 Å². The molecule has 0 unspecified atom stereocenters. The van der Waals surface area contributed by atoms with Crippen LogP contribution in [0.3, 0.4) is 0 Å². The van der Waals surface area contributed by atoms with E-state index in [1.54, 1.807) is 31.5 Å². The van der Waals surface area contributed by atoms with Crippen molar-refractivity contribution >= 4 is 17.8 Å². The smallest absolute Gasteiger partial charge is 0.253 e. The van der Waals surface area contributed by atoms with E-state index in [4.69, 9.17) is 0 Å². The van der Waals surface area contributed by atoms with E-state index in [1.165, 1.54) is 18.5 Å². The topological polar surface area (TPSA) is 88.0 Å². The molecule has 0 bridgehead atoms. The first-order chi connectivity index (χ1) is 15.5. The molecule has 1 aliphatic rings. The van der Waals surface area contributed by atoms with Crippen LogP contribution >= 0.6 is 0 Å². The summed E-state index contributed by atoms with van der Waals surface area (Å²) in [7, 11) is 0. The Morgan fingerprint density at radius 1 is 1.12 bits per heavy atom. The number of aryl methyl sites for hydroxylation is 1. The molecule has 4 rings (SSSR count). The van der Waals surface area contributed by atoms with Gasteiger partial charge in [-0.3, -0.25) is 19.7 Å². The Morgan fingerprint density at radius 2 is 1.97 bits per heavy atom. The molecule has 0 aromatic carbocycles. The molecule has 2 atom stereocenters. The number of pyridine rings is 3. The van der Waals surface area contributed by atoms with Crippen molar-refractivity contribution < 1.29 is 14.3 Å². The summed E-state index contributed by atoms with van der Waals surface area (Å²) >= 11 is 0. The minimum absolute atomic E-state index is 0.270. The number of amides is 1. The number of aliphatic hydroxyl groups is 1. The molecule has 1 aliphatic carbocycles. The molecule has 32 heavy (non-hydrogen) atoms. The number of nitrogens with one attached hydrogen (secondary N) is 1. The Hall–Kier alpha value is -3.45. The van der Waals surface area contributed by atoms with Gasteiger partial charge in [0, 0.05) is 41.6 Å². The second-order valence-corrected chi connectivity index (χ2v) is 8.00. The van der Waals surface area contributed by atoms with Gasteiger partial charge >= 0.3 is 0 Å². The Morgan fingerprint density at radius 3 is 2.75 bits per heavy atom. The van der Waals surface area contributed by atoms with E-state index in [9.17, 15) is 9.90 Å². The molecule has 0 radical (unpaired) electrons. The SMILES string of the molecule is Cc1ncc(C(=O)N[C@H]2CCCC[C@@H]2O)cc1/C=C(\F)c1cncc(-c2ccccn2)c1. The van der Waals surface area contributed by atoms with Crippen molar-refractivity contribution in [1.29, 1.82) is 0 Å². The molecular formula is C25H25FN4O2. The van der Waals surface area contributed by atoms with Crippen molar-refractivity contribution in [3.05, 3.63) is 77.5 Å². The quantitative estimate of drug-likeness (QED) is 0.626. The van der Waals surface area contributed by atoms with Gasteiger partial charge in [-0.25, -0.2) is 4.39 Å². The molecule has 3 heterocycles. The number of halogens is 1. The summed E-state index contributed by atoms with van der Waals surface area (Å²) in [5.74, 6) is -0.808.